The predicted octanol–water partition coefficient (Wildman–Crippen LogP) is 3.12. The number of hydrogen-bond donors (Lipinski definition) is 2. The van der Waals surface area contributed by atoms with Crippen molar-refractivity contribution in [3.63, 3.8) is 0 Å². The Balaban J connectivity index is 1.38. The zero-order valence-electron chi connectivity index (χ0n) is 17.2. The van der Waals surface area contributed by atoms with Gasteiger partial charge in [0.25, 0.3) is 0 Å². The molecule has 2 fully saturated rings. The number of carbonyl (C=O) groups excluding carboxylic acids is 1. The molecule has 9 heteroatoms. The molecule has 164 valence electrons. The maximum atomic E-state index is 14.3. The van der Waals surface area contributed by atoms with Gasteiger partial charge in [0.2, 0.25) is 11.9 Å². The molecule has 2 aliphatic rings. The summed E-state index contributed by atoms with van der Waals surface area (Å²) in [5.41, 5.74) is 0.757. The van der Waals surface area contributed by atoms with Crippen LogP contribution in [0.5, 0.6) is 5.75 Å². The number of rotatable bonds is 7. The van der Waals surface area contributed by atoms with Crippen LogP contribution in [0.3, 0.4) is 0 Å². The molecule has 2 saturated heterocycles. The van der Waals surface area contributed by atoms with Gasteiger partial charge in [0.05, 0.1) is 19.4 Å². The van der Waals surface area contributed by atoms with E-state index in [1.165, 1.54) is 6.08 Å². The standard InChI is InChI=1S/C22H26FN5O3/c1-2-20(29)28-10-3-4-16(13-28)25-21-19(23)12-24-22(27-21)26-15-5-7-17(8-6-15)31-18-9-11-30-14-18/h2,5-8,12,16,18H,1,3-4,9-11,13-14H2,(H2,24,25,26,27)/t16-,18?/m1/s1. The fourth-order valence-electron chi connectivity index (χ4n) is 3.69. The zero-order chi connectivity index (χ0) is 21.6. The van der Waals surface area contributed by atoms with E-state index in [1.54, 1.807) is 4.90 Å². The van der Waals surface area contributed by atoms with E-state index in [0.717, 1.165) is 43.5 Å². The second kappa shape index (κ2) is 9.74. The molecule has 3 heterocycles. The summed E-state index contributed by atoms with van der Waals surface area (Å²) in [5, 5.41) is 6.19. The Morgan fingerprint density at radius 3 is 2.90 bits per heavy atom. The molecule has 1 amide bonds. The largest absolute Gasteiger partial charge is 0.488 e. The van der Waals surface area contributed by atoms with Crippen LogP contribution in [0.15, 0.2) is 43.1 Å². The molecule has 2 aliphatic heterocycles. The Labute approximate surface area is 180 Å². The quantitative estimate of drug-likeness (QED) is 0.657. The minimum atomic E-state index is -0.541. The molecule has 0 bridgehead atoms. The molecule has 0 saturated carbocycles. The number of aromatic nitrogens is 2. The van der Waals surface area contributed by atoms with Gasteiger partial charge >= 0.3 is 0 Å². The lowest BCUT2D eigenvalue weighted by atomic mass is 10.1. The monoisotopic (exact) mass is 427 g/mol. The zero-order valence-corrected chi connectivity index (χ0v) is 17.2. The van der Waals surface area contributed by atoms with Crippen LogP contribution >= 0.6 is 0 Å². The van der Waals surface area contributed by atoms with Gasteiger partial charge in [-0.1, -0.05) is 6.58 Å². The van der Waals surface area contributed by atoms with Crippen molar-refractivity contribution < 1.29 is 18.7 Å². The van der Waals surface area contributed by atoms with Gasteiger partial charge in [0.1, 0.15) is 11.9 Å². The van der Waals surface area contributed by atoms with Crippen molar-refractivity contribution in [3.8, 4) is 5.75 Å². The molecule has 4 rings (SSSR count). The number of nitrogens with zero attached hydrogens (tertiary/aromatic N) is 3. The third-order valence-electron chi connectivity index (χ3n) is 5.29. The second-order valence-electron chi connectivity index (χ2n) is 7.61. The van der Waals surface area contributed by atoms with E-state index >= 15 is 0 Å². The number of nitrogens with one attached hydrogen (secondary N) is 2. The molecule has 2 aromatic rings. The number of benzene rings is 1. The Hall–Kier alpha value is -3.20. The normalized spacial score (nSPS) is 20.9. The minimum absolute atomic E-state index is 0.0883. The summed E-state index contributed by atoms with van der Waals surface area (Å²) < 4.78 is 25.5. The van der Waals surface area contributed by atoms with E-state index in [-0.39, 0.29) is 29.8 Å². The Morgan fingerprint density at radius 2 is 2.16 bits per heavy atom. The summed E-state index contributed by atoms with van der Waals surface area (Å²) >= 11 is 0. The predicted molar refractivity (Wildman–Crippen MR) is 115 cm³/mol. The van der Waals surface area contributed by atoms with Gasteiger partial charge in [0, 0.05) is 31.2 Å². The van der Waals surface area contributed by atoms with Crippen LogP contribution in [-0.2, 0) is 9.53 Å². The van der Waals surface area contributed by atoms with Crippen LogP contribution in [-0.4, -0.2) is 59.2 Å². The summed E-state index contributed by atoms with van der Waals surface area (Å²) in [4.78, 5) is 21.9. The highest BCUT2D eigenvalue weighted by Crippen LogP contribution is 2.23. The van der Waals surface area contributed by atoms with Crippen LogP contribution < -0.4 is 15.4 Å². The first-order valence-corrected chi connectivity index (χ1v) is 10.4. The summed E-state index contributed by atoms with van der Waals surface area (Å²) in [7, 11) is 0. The molecule has 0 aliphatic carbocycles. The van der Waals surface area contributed by atoms with Crippen molar-refractivity contribution in [2.75, 3.05) is 36.9 Å². The minimum Gasteiger partial charge on any atom is -0.488 e. The highest BCUT2D eigenvalue weighted by atomic mass is 19.1. The maximum absolute atomic E-state index is 14.3. The van der Waals surface area contributed by atoms with Gasteiger partial charge in [-0.3, -0.25) is 4.79 Å². The number of halogens is 1. The molecule has 1 unspecified atom stereocenters. The lowest BCUT2D eigenvalue weighted by Crippen LogP contribution is -2.44. The molecule has 2 atom stereocenters. The lowest BCUT2D eigenvalue weighted by Gasteiger charge is -2.32. The van der Waals surface area contributed by atoms with E-state index in [2.05, 4.69) is 27.2 Å². The molecule has 2 N–H and O–H groups in total. The highest BCUT2D eigenvalue weighted by Gasteiger charge is 2.23. The van der Waals surface area contributed by atoms with Crippen molar-refractivity contribution in [1.82, 2.24) is 14.9 Å². The summed E-state index contributed by atoms with van der Waals surface area (Å²) in [6.45, 7) is 6.02. The maximum Gasteiger partial charge on any atom is 0.246 e. The first-order valence-electron chi connectivity index (χ1n) is 10.4. The Morgan fingerprint density at radius 1 is 1.32 bits per heavy atom. The smallest absolute Gasteiger partial charge is 0.246 e. The van der Waals surface area contributed by atoms with Crippen molar-refractivity contribution in [2.45, 2.75) is 31.4 Å². The average Bonchev–Trinajstić information content (AvgIpc) is 3.30. The van der Waals surface area contributed by atoms with Crippen LogP contribution in [0.1, 0.15) is 19.3 Å². The van der Waals surface area contributed by atoms with E-state index < -0.39 is 5.82 Å². The van der Waals surface area contributed by atoms with E-state index in [1.807, 2.05) is 24.3 Å². The number of likely N-dealkylation sites (tertiary alicyclic amines) is 1. The third-order valence-corrected chi connectivity index (χ3v) is 5.29. The number of amides is 1. The van der Waals surface area contributed by atoms with Crippen molar-refractivity contribution >= 4 is 23.4 Å². The third kappa shape index (κ3) is 5.49. The first kappa shape index (κ1) is 21.0. The molecule has 31 heavy (non-hydrogen) atoms. The van der Waals surface area contributed by atoms with Crippen molar-refractivity contribution in [3.05, 3.63) is 48.9 Å². The molecule has 1 aromatic carbocycles. The van der Waals surface area contributed by atoms with E-state index in [0.29, 0.717) is 19.7 Å². The van der Waals surface area contributed by atoms with Crippen molar-refractivity contribution in [1.29, 1.82) is 0 Å². The molecular formula is C22H26FN5O3. The van der Waals surface area contributed by atoms with Gasteiger partial charge in [-0.25, -0.2) is 9.37 Å². The SMILES string of the molecule is C=CC(=O)N1CCC[C@@H](Nc2nc(Nc3ccc(OC4CCOC4)cc3)ncc2F)C1. The van der Waals surface area contributed by atoms with Gasteiger partial charge in [0.15, 0.2) is 11.6 Å². The number of piperidine rings is 1. The first-order chi connectivity index (χ1) is 15.1. The molecule has 8 nitrogen and oxygen atoms in total. The van der Waals surface area contributed by atoms with Crippen LogP contribution in [0.2, 0.25) is 0 Å². The van der Waals surface area contributed by atoms with Gasteiger partial charge < -0.3 is 25.0 Å². The number of anilines is 3. The number of hydrogen-bond acceptors (Lipinski definition) is 7. The fourth-order valence-corrected chi connectivity index (χ4v) is 3.69. The molecular weight excluding hydrogens is 401 g/mol. The second-order valence-corrected chi connectivity index (χ2v) is 7.61. The van der Waals surface area contributed by atoms with Crippen LogP contribution in [0, 0.1) is 5.82 Å². The summed E-state index contributed by atoms with van der Waals surface area (Å²) in [5.74, 6) is 0.484. The summed E-state index contributed by atoms with van der Waals surface area (Å²) in [6, 6.07) is 7.33. The molecule has 0 radical (unpaired) electrons. The fraction of sp³-hybridized carbons (Fsp3) is 0.409. The molecule has 1 aromatic heterocycles. The molecule has 0 spiro atoms. The highest BCUT2D eigenvalue weighted by molar-refractivity contribution is 5.87. The van der Waals surface area contributed by atoms with Crippen molar-refractivity contribution in [2.24, 2.45) is 0 Å². The summed E-state index contributed by atoms with van der Waals surface area (Å²) in [6.07, 6.45) is 5.06. The van der Waals surface area contributed by atoms with Gasteiger partial charge in [-0.2, -0.15) is 4.98 Å². The lowest BCUT2D eigenvalue weighted by molar-refractivity contribution is -0.127. The number of ether oxygens (including phenoxy) is 2. The average molecular weight is 427 g/mol. The van der Waals surface area contributed by atoms with E-state index in [9.17, 15) is 9.18 Å². The van der Waals surface area contributed by atoms with Gasteiger partial charge in [-0.05, 0) is 43.2 Å². The van der Waals surface area contributed by atoms with E-state index in [4.69, 9.17) is 9.47 Å². The van der Waals surface area contributed by atoms with Crippen LogP contribution in [0.25, 0.3) is 0 Å². The van der Waals surface area contributed by atoms with Gasteiger partial charge in [-0.15, -0.1) is 0 Å². The topological polar surface area (TPSA) is 88.6 Å². The van der Waals surface area contributed by atoms with Crippen LogP contribution in [0.4, 0.5) is 21.8 Å². The number of carbonyl (C=O) groups is 1. The Kier molecular flexibility index (Phi) is 6.61. The Bertz CT molecular complexity index is 918.